The quantitative estimate of drug-likeness (QED) is 0.698. The lowest BCUT2D eigenvalue weighted by atomic mass is 9.62. The van der Waals surface area contributed by atoms with Gasteiger partial charge in [-0.2, -0.15) is 0 Å². The molecule has 4 fully saturated rings. The van der Waals surface area contributed by atoms with Crippen molar-refractivity contribution in [3.63, 3.8) is 0 Å². The van der Waals surface area contributed by atoms with E-state index in [1.807, 2.05) is 0 Å². The third-order valence-corrected chi connectivity index (χ3v) is 5.38. The first-order valence-corrected chi connectivity index (χ1v) is 7.17. The first-order chi connectivity index (χ1) is 7.88. The van der Waals surface area contributed by atoms with Gasteiger partial charge in [0.05, 0.1) is 0 Å². The molecule has 2 aliphatic heterocycles. The predicted octanol–water partition coefficient (Wildman–Crippen LogP) is 3.10. The van der Waals surface area contributed by atoms with Crippen molar-refractivity contribution in [1.29, 1.82) is 0 Å². The van der Waals surface area contributed by atoms with Crippen molar-refractivity contribution in [2.24, 2.45) is 23.7 Å². The zero-order valence-electron chi connectivity index (χ0n) is 10.2. The number of fused-ring (bicyclic) bond motifs is 3. The predicted molar refractivity (Wildman–Crippen MR) is 64.1 cm³/mol. The Morgan fingerprint density at radius 1 is 0.875 bits per heavy atom. The lowest BCUT2D eigenvalue weighted by Gasteiger charge is -2.43. The summed E-state index contributed by atoms with van der Waals surface area (Å²) in [5, 5.41) is 0. The molecule has 2 bridgehead atoms. The second kappa shape index (κ2) is 4.64. The van der Waals surface area contributed by atoms with E-state index in [1.165, 1.54) is 51.6 Å². The van der Waals surface area contributed by atoms with Crippen LogP contribution in [0.2, 0.25) is 0 Å². The monoisotopic (exact) mass is 225 g/mol. The highest BCUT2D eigenvalue weighted by atomic mass is 19.1. The van der Waals surface area contributed by atoms with Gasteiger partial charge >= 0.3 is 0 Å². The summed E-state index contributed by atoms with van der Waals surface area (Å²) in [7, 11) is 0. The van der Waals surface area contributed by atoms with Gasteiger partial charge in [0.2, 0.25) is 0 Å². The molecule has 0 radical (unpaired) electrons. The molecular formula is C14H24FN. The van der Waals surface area contributed by atoms with E-state index in [0.717, 1.165) is 23.7 Å². The Labute approximate surface area is 98.4 Å². The van der Waals surface area contributed by atoms with Crippen molar-refractivity contribution < 1.29 is 4.39 Å². The van der Waals surface area contributed by atoms with E-state index in [1.54, 1.807) is 0 Å². The van der Waals surface area contributed by atoms with Gasteiger partial charge in [-0.3, -0.25) is 0 Å². The molecule has 0 amide bonds. The van der Waals surface area contributed by atoms with Crippen molar-refractivity contribution in [1.82, 2.24) is 4.90 Å². The second-order valence-corrected chi connectivity index (χ2v) is 6.16. The summed E-state index contributed by atoms with van der Waals surface area (Å²) in [6, 6.07) is 0. The zero-order chi connectivity index (χ0) is 11.0. The van der Waals surface area contributed by atoms with Crippen LogP contribution in [0.15, 0.2) is 0 Å². The van der Waals surface area contributed by atoms with Crippen LogP contribution in [0, 0.1) is 23.7 Å². The molecule has 4 atom stereocenters. The lowest BCUT2D eigenvalue weighted by Crippen LogP contribution is -2.36. The Kier molecular flexibility index (Phi) is 3.19. The van der Waals surface area contributed by atoms with E-state index >= 15 is 0 Å². The average Bonchev–Trinajstić information content (AvgIpc) is 2.60. The van der Waals surface area contributed by atoms with Crippen molar-refractivity contribution >= 4 is 0 Å². The molecule has 2 aliphatic carbocycles. The highest BCUT2D eigenvalue weighted by molar-refractivity contribution is 4.95. The van der Waals surface area contributed by atoms with Gasteiger partial charge in [-0.1, -0.05) is 12.8 Å². The van der Waals surface area contributed by atoms with Gasteiger partial charge in [0, 0.05) is 19.6 Å². The summed E-state index contributed by atoms with van der Waals surface area (Å²) >= 11 is 0. The molecule has 0 spiro atoms. The summed E-state index contributed by atoms with van der Waals surface area (Å²) in [5.74, 6) is 3.79. The van der Waals surface area contributed by atoms with Crippen molar-refractivity contribution in [2.45, 2.75) is 38.5 Å². The highest BCUT2D eigenvalue weighted by Gasteiger charge is 2.43. The first kappa shape index (κ1) is 11.0. The van der Waals surface area contributed by atoms with Crippen LogP contribution in [0.3, 0.4) is 0 Å². The van der Waals surface area contributed by atoms with E-state index < -0.39 is 0 Å². The topological polar surface area (TPSA) is 3.24 Å². The zero-order valence-corrected chi connectivity index (χ0v) is 10.2. The maximum atomic E-state index is 12.5. The maximum Gasteiger partial charge on any atom is 0.102 e. The molecule has 0 aromatic rings. The smallest absolute Gasteiger partial charge is 0.102 e. The van der Waals surface area contributed by atoms with E-state index in [2.05, 4.69) is 4.90 Å². The van der Waals surface area contributed by atoms with Crippen LogP contribution in [0.25, 0.3) is 0 Å². The van der Waals surface area contributed by atoms with E-state index in [9.17, 15) is 4.39 Å². The summed E-state index contributed by atoms with van der Waals surface area (Å²) in [6.07, 6.45) is 8.69. The largest absolute Gasteiger partial charge is 0.300 e. The lowest BCUT2D eigenvalue weighted by molar-refractivity contribution is 0.0766. The molecule has 4 rings (SSSR count). The third-order valence-electron chi connectivity index (χ3n) is 5.38. The summed E-state index contributed by atoms with van der Waals surface area (Å²) in [6.45, 7) is 2.92. The van der Waals surface area contributed by atoms with E-state index in [4.69, 9.17) is 0 Å². The minimum absolute atomic E-state index is 0.158. The van der Waals surface area contributed by atoms with Crippen LogP contribution in [-0.2, 0) is 0 Å². The van der Waals surface area contributed by atoms with Crippen LogP contribution >= 0.6 is 0 Å². The Morgan fingerprint density at radius 3 is 1.94 bits per heavy atom. The SMILES string of the molecule is FCCN1CC2CCC(C1)C1CCCCC21. The fourth-order valence-electron chi connectivity index (χ4n) is 4.71. The maximum absolute atomic E-state index is 12.5. The molecule has 2 heteroatoms. The van der Waals surface area contributed by atoms with Crippen molar-refractivity contribution in [3.05, 3.63) is 0 Å². The minimum Gasteiger partial charge on any atom is -0.300 e. The Morgan fingerprint density at radius 2 is 1.44 bits per heavy atom. The van der Waals surface area contributed by atoms with Crippen molar-refractivity contribution in [3.8, 4) is 0 Å². The normalized spacial score (nSPS) is 44.1. The van der Waals surface area contributed by atoms with Gasteiger partial charge in [-0.25, -0.2) is 4.39 Å². The fourth-order valence-corrected chi connectivity index (χ4v) is 4.71. The number of hydrogen-bond donors (Lipinski definition) is 0. The molecular weight excluding hydrogens is 201 g/mol. The molecule has 0 aromatic carbocycles. The minimum atomic E-state index is -0.158. The van der Waals surface area contributed by atoms with Crippen molar-refractivity contribution in [2.75, 3.05) is 26.3 Å². The number of nitrogens with zero attached hydrogens (tertiary/aromatic N) is 1. The third kappa shape index (κ3) is 1.90. The fraction of sp³-hybridized carbons (Fsp3) is 1.00. The Bertz CT molecular complexity index is 221. The molecule has 2 heterocycles. The number of halogens is 1. The number of alkyl halides is 1. The van der Waals surface area contributed by atoms with Gasteiger partial charge < -0.3 is 4.90 Å². The Hall–Kier alpha value is -0.110. The van der Waals surface area contributed by atoms with Crippen LogP contribution < -0.4 is 0 Å². The molecule has 0 N–H and O–H groups in total. The Balaban J connectivity index is 1.76. The molecule has 92 valence electrons. The van der Waals surface area contributed by atoms with Gasteiger partial charge in [0.15, 0.2) is 0 Å². The average molecular weight is 225 g/mol. The molecule has 16 heavy (non-hydrogen) atoms. The van der Waals surface area contributed by atoms with Crippen LogP contribution in [0.5, 0.6) is 0 Å². The van der Waals surface area contributed by atoms with E-state index in [0.29, 0.717) is 6.54 Å². The molecule has 4 unspecified atom stereocenters. The molecule has 1 nitrogen and oxygen atoms in total. The second-order valence-electron chi connectivity index (χ2n) is 6.16. The molecule has 4 aliphatic rings. The van der Waals surface area contributed by atoms with Crippen LogP contribution in [0.1, 0.15) is 38.5 Å². The van der Waals surface area contributed by atoms with Gasteiger partial charge in [0.25, 0.3) is 0 Å². The number of hydrogen-bond acceptors (Lipinski definition) is 1. The van der Waals surface area contributed by atoms with Gasteiger partial charge in [0.1, 0.15) is 6.67 Å². The summed E-state index contributed by atoms with van der Waals surface area (Å²) < 4.78 is 12.5. The summed E-state index contributed by atoms with van der Waals surface area (Å²) in [4.78, 5) is 2.42. The standard InChI is InChI=1S/C14H24FN/c15-7-8-16-9-11-5-6-12(10-16)14-4-2-1-3-13(11)14/h11-14H,1-10H2. The molecule has 0 aromatic heterocycles. The van der Waals surface area contributed by atoms with E-state index in [-0.39, 0.29) is 6.67 Å². The van der Waals surface area contributed by atoms with Gasteiger partial charge in [-0.05, 0) is 49.4 Å². The number of rotatable bonds is 2. The van der Waals surface area contributed by atoms with Crippen LogP contribution in [-0.4, -0.2) is 31.2 Å². The van der Waals surface area contributed by atoms with Gasteiger partial charge in [-0.15, -0.1) is 0 Å². The van der Waals surface area contributed by atoms with Crippen LogP contribution in [0.4, 0.5) is 4.39 Å². The first-order valence-electron chi connectivity index (χ1n) is 7.17. The molecule has 2 saturated heterocycles. The highest BCUT2D eigenvalue weighted by Crippen LogP contribution is 2.49. The summed E-state index contributed by atoms with van der Waals surface area (Å²) in [5.41, 5.74) is 0. The molecule has 2 saturated carbocycles.